The molecule has 10 heteroatoms. The van der Waals surface area contributed by atoms with Crippen molar-refractivity contribution < 1.29 is 23.0 Å². The van der Waals surface area contributed by atoms with Gasteiger partial charge in [0, 0.05) is 12.2 Å². The first-order valence-corrected chi connectivity index (χ1v) is 11.1. The molecule has 2 aromatic carbocycles. The fourth-order valence-electron chi connectivity index (χ4n) is 3.43. The maximum absolute atomic E-state index is 13.8. The number of rotatable bonds is 8. The number of thioether (sulfide) groups is 1. The molecular formula is C22H22F2N4O3S. The Kier molecular flexibility index (Phi) is 7.01. The van der Waals surface area contributed by atoms with Crippen LogP contribution in [0.25, 0.3) is 11.4 Å². The van der Waals surface area contributed by atoms with E-state index in [9.17, 15) is 13.6 Å². The summed E-state index contributed by atoms with van der Waals surface area (Å²) in [5.41, 5.74) is 0.388. The van der Waals surface area contributed by atoms with Crippen molar-refractivity contribution in [2.45, 2.75) is 30.6 Å². The molecule has 4 rings (SSSR count). The molecule has 1 unspecified atom stereocenters. The van der Waals surface area contributed by atoms with Crippen molar-refractivity contribution in [3.05, 3.63) is 54.1 Å². The summed E-state index contributed by atoms with van der Waals surface area (Å²) in [4.78, 5) is 12.3. The van der Waals surface area contributed by atoms with E-state index in [4.69, 9.17) is 9.47 Å². The van der Waals surface area contributed by atoms with Gasteiger partial charge in [-0.3, -0.25) is 9.36 Å². The molecule has 32 heavy (non-hydrogen) atoms. The van der Waals surface area contributed by atoms with Crippen LogP contribution in [0.2, 0.25) is 0 Å². The number of carbonyl (C=O) groups is 1. The van der Waals surface area contributed by atoms with Gasteiger partial charge in [0.25, 0.3) is 0 Å². The molecule has 0 spiro atoms. The standard InChI is InChI=1S/C22H22F2N4O3S/c1-30-15-9-7-14(8-10-15)21-26-27-22(28(21)12-16-4-3-11-31-16)32-13-19(29)25-20-17(23)5-2-6-18(20)24/h2,5-10,16H,3-4,11-13H2,1H3,(H,25,29). The van der Waals surface area contributed by atoms with Gasteiger partial charge in [-0.05, 0) is 49.2 Å². The number of methoxy groups -OCH3 is 1. The van der Waals surface area contributed by atoms with Gasteiger partial charge in [-0.1, -0.05) is 17.8 Å². The molecule has 1 saturated heterocycles. The average Bonchev–Trinajstić information content (AvgIpc) is 3.45. The third-order valence-electron chi connectivity index (χ3n) is 5.03. The molecule has 1 N–H and O–H groups in total. The zero-order valence-corrected chi connectivity index (χ0v) is 18.2. The first kappa shape index (κ1) is 22.2. The number of benzene rings is 2. The van der Waals surface area contributed by atoms with Crippen LogP contribution in [0.3, 0.4) is 0 Å². The number of nitrogens with zero attached hydrogens (tertiary/aromatic N) is 3. The quantitative estimate of drug-likeness (QED) is 0.509. The Morgan fingerprint density at radius 3 is 2.62 bits per heavy atom. The average molecular weight is 461 g/mol. The molecule has 1 aliphatic rings. The zero-order chi connectivity index (χ0) is 22.5. The summed E-state index contributed by atoms with van der Waals surface area (Å²) in [7, 11) is 1.60. The van der Waals surface area contributed by atoms with Gasteiger partial charge >= 0.3 is 0 Å². The Labute approximate surface area is 188 Å². The Morgan fingerprint density at radius 2 is 1.97 bits per heavy atom. The van der Waals surface area contributed by atoms with Crippen molar-refractivity contribution >= 4 is 23.4 Å². The van der Waals surface area contributed by atoms with Gasteiger partial charge in [0.1, 0.15) is 23.1 Å². The van der Waals surface area contributed by atoms with Crippen LogP contribution < -0.4 is 10.1 Å². The van der Waals surface area contributed by atoms with E-state index in [-0.39, 0.29) is 11.9 Å². The number of halogens is 2. The SMILES string of the molecule is COc1ccc(-c2nnc(SCC(=O)Nc3c(F)cccc3F)n2CC2CCCO2)cc1. The lowest BCUT2D eigenvalue weighted by atomic mass is 10.2. The van der Waals surface area contributed by atoms with Crippen LogP contribution in [-0.2, 0) is 16.1 Å². The highest BCUT2D eigenvalue weighted by molar-refractivity contribution is 7.99. The van der Waals surface area contributed by atoms with Crippen molar-refractivity contribution in [3.63, 3.8) is 0 Å². The van der Waals surface area contributed by atoms with Crippen LogP contribution in [0.1, 0.15) is 12.8 Å². The maximum Gasteiger partial charge on any atom is 0.235 e. The van der Waals surface area contributed by atoms with E-state index in [1.54, 1.807) is 7.11 Å². The maximum atomic E-state index is 13.8. The summed E-state index contributed by atoms with van der Waals surface area (Å²) in [5.74, 6) is -0.910. The van der Waals surface area contributed by atoms with Crippen LogP contribution in [0.4, 0.5) is 14.5 Å². The van der Waals surface area contributed by atoms with Gasteiger partial charge in [-0.25, -0.2) is 8.78 Å². The van der Waals surface area contributed by atoms with E-state index in [0.717, 1.165) is 48.0 Å². The fourth-order valence-corrected chi connectivity index (χ4v) is 4.18. The Morgan fingerprint density at radius 1 is 1.22 bits per heavy atom. The minimum absolute atomic E-state index is 0.0312. The second-order valence-corrected chi connectivity index (χ2v) is 8.16. The number of hydrogen-bond donors (Lipinski definition) is 1. The second-order valence-electron chi connectivity index (χ2n) is 7.21. The highest BCUT2D eigenvalue weighted by atomic mass is 32.2. The molecule has 0 bridgehead atoms. The molecule has 7 nitrogen and oxygen atoms in total. The lowest BCUT2D eigenvalue weighted by molar-refractivity contribution is -0.113. The Hall–Kier alpha value is -2.98. The van der Waals surface area contributed by atoms with E-state index < -0.39 is 23.2 Å². The molecule has 3 aromatic rings. The number of hydrogen-bond acceptors (Lipinski definition) is 6. The van der Waals surface area contributed by atoms with Crippen LogP contribution in [0.5, 0.6) is 5.75 Å². The second kappa shape index (κ2) is 10.1. The molecule has 1 aliphatic heterocycles. The van der Waals surface area contributed by atoms with Gasteiger partial charge in [-0.2, -0.15) is 0 Å². The highest BCUT2D eigenvalue weighted by Crippen LogP contribution is 2.28. The van der Waals surface area contributed by atoms with Crippen LogP contribution in [0.15, 0.2) is 47.6 Å². The predicted octanol–water partition coefficient (Wildman–Crippen LogP) is 4.14. The number of para-hydroxylation sites is 1. The van der Waals surface area contributed by atoms with E-state index in [1.807, 2.05) is 28.8 Å². The topological polar surface area (TPSA) is 78.3 Å². The van der Waals surface area contributed by atoms with Gasteiger partial charge < -0.3 is 14.8 Å². The first-order valence-electron chi connectivity index (χ1n) is 10.1. The number of ether oxygens (including phenoxy) is 2. The van der Waals surface area contributed by atoms with Crippen molar-refractivity contribution in [1.82, 2.24) is 14.8 Å². The fraction of sp³-hybridized carbons (Fsp3) is 0.318. The summed E-state index contributed by atoms with van der Waals surface area (Å²) < 4.78 is 40.5. The van der Waals surface area contributed by atoms with Crippen molar-refractivity contribution in [2.24, 2.45) is 0 Å². The minimum Gasteiger partial charge on any atom is -0.497 e. The summed E-state index contributed by atoms with van der Waals surface area (Å²) in [6.45, 7) is 1.25. The van der Waals surface area contributed by atoms with Crippen molar-refractivity contribution in [3.8, 4) is 17.1 Å². The number of carbonyl (C=O) groups excluding carboxylic acids is 1. The Balaban J connectivity index is 1.52. The van der Waals surface area contributed by atoms with Crippen LogP contribution >= 0.6 is 11.8 Å². The van der Waals surface area contributed by atoms with E-state index >= 15 is 0 Å². The minimum atomic E-state index is -0.827. The molecule has 1 aromatic heterocycles. The molecule has 168 valence electrons. The van der Waals surface area contributed by atoms with E-state index in [2.05, 4.69) is 15.5 Å². The highest BCUT2D eigenvalue weighted by Gasteiger charge is 2.22. The summed E-state index contributed by atoms with van der Waals surface area (Å²) in [6, 6.07) is 10.9. The van der Waals surface area contributed by atoms with Gasteiger partial charge in [-0.15, -0.1) is 10.2 Å². The number of nitrogens with one attached hydrogen (secondary N) is 1. The van der Waals surface area contributed by atoms with Gasteiger partial charge in [0.05, 0.1) is 25.5 Å². The smallest absolute Gasteiger partial charge is 0.235 e. The van der Waals surface area contributed by atoms with E-state index in [0.29, 0.717) is 24.1 Å². The third-order valence-corrected chi connectivity index (χ3v) is 6.00. The lowest BCUT2D eigenvalue weighted by Crippen LogP contribution is -2.19. The molecule has 1 atom stereocenters. The molecule has 1 amide bonds. The number of anilines is 1. The Bertz CT molecular complexity index is 1070. The predicted molar refractivity (Wildman–Crippen MR) is 117 cm³/mol. The molecular weight excluding hydrogens is 438 g/mol. The lowest BCUT2D eigenvalue weighted by Gasteiger charge is -2.15. The normalized spacial score (nSPS) is 15.7. The van der Waals surface area contributed by atoms with Crippen molar-refractivity contribution in [1.29, 1.82) is 0 Å². The van der Waals surface area contributed by atoms with Crippen LogP contribution in [0, 0.1) is 11.6 Å². The van der Waals surface area contributed by atoms with E-state index in [1.165, 1.54) is 6.07 Å². The zero-order valence-electron chi connectivity index (χ0n) is 17.4. The van der Waals surface area contributed by atoms with Crippen LogP contribution in [-0.4, -0.2) is 46.2 Å². The largest absolute Gasteiger partial charge is 0.497 e. The number of aromatic nitrogens is 3. The third kappa shape index (κ3) is 5.08. The summed E-state index contributed by atoms with van der Waals surface area (Å²) in [6.07, 6.45) is 1.95. The van der Waals surface area contributed by atoms with Crippen molar-refractivity contribution in [2.75, 3.05) is 24.8 Å². The van der Waals surface area contributed by atoms with Gasteiger partial charge in [0.15, 0.2) is 11.0 Å². The molecule has 0 saturated carbocycles. The molecule has 2 heterocycles. The first-order chi connectivity index (χ1) is 15.5. The molecule has 0 radical (unpaired) electrons. The van der Waals surface area contributed by atoms with Gasteiger partial charge in [0.2, 0.25) is 5.91 Å². The summed E-state index contributed by atoms with van der Waals surface area (Å²) in [5, 5.41) is 11.4. The summed E-state index contributed by atoms with van der Waals surface area (Å²) >= 11 is 1.14. The molecule has 1 fully saturated rings. The number of amides is 1. The monoisotopic (exact) mass is 460 g/mol. The molecule has 0 aliphatic carbocycles.